The molecule has 1 N–H and O–H groups in total. The van der Waals surface area contributed by atoms with Crippen molar-refractivity contribution in [3.8, 4) is 33.9 Å². The fourth-order valence-corrected chi connectivity index (χ4v) is 7.02. The van der Waals surface area contributed by atoms with E-state index in [2.05, 4.69) is 89.5 Å². The third kappa shape index (κ3) is 7.11. The number of hydrogen-bond donors (Lipinski definition) is 1. The van der Waals surface area contributed by atoms with Gasteiger partial charge in [-0.1, -0.05) is 60.7 Å². The van der Waals surface area contributed by atoms with E-state index in [-0.39, 0.29) is 0 Å². The minimum Gasteiger partial charge on any atom is -0.383 e. The summed E-state index contributed by atoms with van der Waals surface area (Å²) in [6, 6.07) is 27.4. The van der Waals surface area contributed by atoms with Crippen molar-refractivity contribution in [1.82, 2.24) is 44.9 Å². The predicted molar refractivity (Wildman–Crippen MR) is 196 cm³/mol. The summed E-state index contributed by atoms with van der Waals surface area (Å²) in [6.45, 7) is 8.35. The second-order valence-electron chi connectivity index (χ2n) is 13.2. The average molecular weight is 667 g/mol. The van der Waals surface area contributed by atoms with Crippen LogP contribution in [0.1, 0.15) is 30.1 Å². The standard InChI is InChI=1S/C39H42N10O/c1-50-24-23-47-19-21-49(22-20-47)39-41-26-32-25-33(29-7-3-2-4-8-29)35(42-36(32)44-39)30-12-10-28(11-13-30)27-48-17-14-31(15-18-48)37-43-38(46-45-37)34-9-5-6-16-40-34/h2-13,16,25-26,31H,14-15,17-24,27H2,1H3,(H,43,45,46). The van der Waals surface area contributed by atoms with Gasteiger partial charge in [-0.3, -0.25) is 14.8 Å². The maximum absolute atomic E-state index is 5.27. The van der Waals surface area contributed by atoms with Crippen molar-refractivity contribution in [2.75, 3.05) is 64.4 Å². The lowest BCUT2D eigenvalue weighted by atomic mass is 9.95. The quantitative estimate of drug-likeness (QED) is 0.196. The van der Waals surface area contributed by atoms with Gasteiger partial charge in [0.05, 0.1) is 12.3 Å². The summed E-state index contributed by atoms with van der Waals surface area (Å²) in [6.07, 6.45) is 5.79. The van der Waals surface area contributed by atoms with Crippen LogP contribution >= 0.6 is 0 Å². The lowest BCUT2D eigenvalue weighted by molar-refractivity contribution is 0.144. The molecule has 0 amide bonds. The van der Waals surface area contributed by atoms with E-state index in [9.17, 15) is 0 Å². The molecule has 11 nitrogen and oxygen atoms in total. The topological polar surface area (TPSA) is 112 Å². The highest BCUT2D eigenvalue weighted by atomic mass is 16.5. The molecule has 2 aromatic carbocycles. The molecule has 6 heterocycles. The highest BCUT2D eigenvalue weighted by molar-refractivity contribution is 5.90. The summed E-state index contributed by atoms with van der Waals surface area (Å²) in [5, 5.41) is 9.76. The Morgan fingerprint density at radius 1 is 0.780 bits per heavy atom. The number of piperazine rings is 1. The highest BCUT2D eigenvalue weighted by Crippen LogP contribution is 2.34. The van der Waals surface area contributed by atoms with Crippen molar-refractivity contribution in [1.29, 1.82) is 0 Å². The molecular weight excluding hydrogens is 624 g/mol. The van der Waals surface area contributed by atoms with Gasteiger partial charge in [-0.2, -0.15) is 4.98 Å². The third-order valence-corrected chi connectivity index (χ3v) is 9.93. The number of benzene rings is 2. The Balaban J connectivity index is 0.972. The molecular formula is C39H42N10O. The summed E-state index contributed by atoms with van der Waals surface area (Å²) in [5.74, 6) is 2.82. The number of nitrogens with zero attached hydrogens (tertiary/aromatic N) is 9. The van der Waals surface area contributed by atoms with Crippen LogP contribution in [0, 0.1) is 0 Å². The summed E-state index contributed by atoms with van der Waals surface area (Å²) >= 11 is 0. The van der Waals surface area contributed by atoms with E-state index in [0.717, 1.165) is 129 Å². The van der Waals surface area contributed by atoms with E-state index in [1.807, 2.05) is 30.5 Å². The number of ether oxygens (including phenoxy) is 1. The van der Waals surface area contributed by atoms with Crippen molar-refractivity contribution in [2.45, 2.75) is 25.3 Å². The number of aromatic nitrogens is 7. The van der Waals surface area contributed by atoms with Crippen molar-refractivity contribution in [3.63, 3.8) is 0 Å². The first-order valence-corrected chi connectivity index (χ1v) is 17.6. The van der Waals surface area contributed by atoms with Crippen LogP contribution < -0.4 is 4.90 Å². The Kier molecular flexibility index (Phi) is 9.51. The lowest BCUT2D eigenvalue weighted by Gasteiger charge is -2.34. The molecule has 0 radical (unpaired) electrons. The Labute approximate surface area is 292 Å². The number of methoxy groups -OCH3 is 1. The van der Waals surface area contributed by atoms with Gasteiger partial charge in [-0.05, 0) is 55.3 Å². The number of aromatic amines is 1. The van der Waals surface area contributed by atoms with Gasteiger partial charge in [0.2, 0.25) is 5.95 Å². The zero-order valence-electron chi connectivity index (χ0n) is 28.4. The van der Waals surface area contributed by atoms with E-state index in [4.69, 9.17) is 19.7 Å². The second-order valence-corrected chi connectivity index (χ2v) is 13.2. The molecule has 0 spiro atoms. The minimum atomic E-state index is 0.379. The summed E-state index contributed by atoms with van der Waals surface area (Å²) in [7, 11) is 1.75. The predicted octanol–water partition coefficient (Wildman–Crippen LogP) is 5.69. The first kappa shape index (κ1) is 32.1. The Morgan fingerprint density at radius 3 is 2.34 bits per heavy atom. The molecule has 0 unspecified atom stereocenters. The molecule has 4 aromatic heterocycles. The van der Waals surface area contributed by atoms with Crippen LogP contribution in [0.15, 0.2) is 91.3 Å². The first-order valence-electron chi connectivity index (χ1n) is 17.6. The Hall–Kier alpha value is -5.10. The number of pyridine rings is 2. The van der Waals surface area contributed by atoms with Gasteiger partial charge in [0.25, 0.3) is 0 Å². The summed E-state index contributed by atoms with van der Waals surface area (Å²) in [5.41, 5.74) is 7.05. The van der Waals surface area contributed by atoms with Crippen LogP contribution in [0.5, 0.6) is 0 Å². The monoisotopic (exact) mass is 666 g/mol. The van der Waals surface area contributed by atoms with Gasteiger partial charge in [0.15, 0.2) is 11.5 Å². The number of anilines is 1. The van der Waals surface area contributed by atoms with Crippen LogP contribution in [0.2, 0.25) is 0 Å². The number of fused-ring (bicyclic) bond motifs is 1. The van der Waals surface area contributed by atoms with Crippen LogP contribution in [0.4, 0.5) is 5.95 Å². The Bertz CT molecular complexity index is 2000. The lowest BCUT2D eigenvalue weighted by Crippen LogP contribution is -2.47. The van der Waals surface area contributed by atoms with Crippen LogP contribution in [0.3, 0.4) is 0 Å². The van der Waals surface area contributed by atoms with Crippen molar-refractivity contribution in [2.24, 2.45) is 0 Å². The smallest absolute Gasteiger partial charge is 0.227 e. The molecule has 0 atom stereocenters. The van der Waals surface area contributed by atoms with E-state index < -0.39 is 0 Å². The van der Waals surface area contributed by atoms with Crippen molar-refractivity contribution >= 4 is 17.0 Å². The molecule has 2 fully saturated rings. The molecule has 50 heavy (non-hydrogen) atoms. The molecule has 8 rings (SSSR count). The number of rotatable bonds is 10. The molecule has 2 aliphatic rings. The maximum Gasteiger partial charge on any atom is 0.227 e. The van der Waals surface area contributed by atoms with E-state index in [0.29, 0.717) is 5.92 Å². The minimum absolute atomic E-state index is 0.379. The fraction of sp³-hybridized carbons (Fsp3) is 0.333. The van der Waals surface area contributed by atoms with Gasteiger partial charge < -0.3 is 14.6 Å². The number of piperidine rings is 1. The van der Waals surface area contributed by atoms with Gasteiger partial charge in [0, 0.05) is 81.2 Å². The number of H-pyrrole nitrogens is 1. The van der Waals surface area contributed by atoms with Gasteiger partial charge in [-0.25, -0.2) is 9.97 Å². The second kappa shape index (κ2) is 14.8. The van der Waals surface area contributed by atoms with Gasteiger partial charge in [0.1, 0.15) is 11.5 Å². The zero-order chi connectivity index (χ0) is 33.7. The molecule has 6 aromatic rings. The molecule has 0 saturated carbocycles. The maximum atomic E-state index is 5.27. The average Bonchev–Trinajstić information content (AvgIpc) is 3.69. The van der Waals surface area contributed by atoms with Crippen LogP contribution in [-0.2, 0) is 11.3 Å². The van der Waals surface area contributed by atoms with E-state index in [1.165, 1.54) is 5.56 Å². The highest BCUT2D eigenvalue weighted by Gasteiger charge is 2.24. The molecule has 0 aliphatic carbocycles. The molecule has 2 aliphatic heterocycles. The largest absolute Gasteiger partial charge is 0.383 e. The number of likely N-dealkylation sites (tertiary alicyclic amines) is 1. The molecule has 2 saturated heterocycles. The van der Waals surface area contributed by atoms with Crippen LogP contribution in [0.25, 0.3) is 44.9 Å². The molecule has 0 bridgehead atoms. The number of hydrogen-bond acceptors (Lipinski definition) is 10. The van der Waals surface area contributed by atoms with Crippen molar-refractivity contribution in [3.05, 3.63) is 103 Å². The third-order valence-electron chi connectivity index (χ3n) is 9.93. The molecule has 11 heteroatoms. The molecule has 254 valence electrons. The Morgan fingerprint density at radius 2 is 1.58 bits per heavy atom. The van der Waals surface area contributed by atoms with Crippen LogP contribution in [-0.4, -0.2) is 104 Å². The summed E-state index contributed by atoms with van der Waals surface area (Å²) in [4.78, 5) is 30.0. The zero-order valence-corrected chi connectivity index (χ0v) is 28.4. The SMILES string of the molecule is COCCN1CCN(c2ncc3cc(-c4ccccc4)c(-c4ccc(CN5CCC(c6nnc(-c7ccccn7)[nH]6)CC5)cc4)nc3n2)CC1. The van der Waals surface area contributed by atoms with Gasteiger partial charge in [-0.15, -0.1) is 10.2 Å². The van der Waals surface area contributed by atoms with E-state index in [1.54, 1.807) is 13.3 Å². The normalized spacial score (nSPS) is 16.3. The van der Waals surface area contributed by atoms with E-state index >= 15 is 0 Å². The summed E-state index contributed by atoms with van der Waals surface area (Å²) < 4.78 is 5.27. The van der Waals surface area contributed by atoms with Crippen molar-refractivity contribution < 1.29 is 4.74 Å². The fourth-order valence-electron chi connectivity index (χ4n) is 7.02. The van der Waals surface area contributed by atoms with Gasteiger partial charge >= 0.3 is 0 Å². The number of nitrogens with one attached hydrogen (secondary N) is 1. The first-order chi connectivity index (χ1) is 24.7.